The van der Waals surface area contributed by atoms with Crippen molar-refractivity contribution in [3.63, 3.8) is 0 Å². The summed E-state index contributed by atoms with van der Waals surface area (Å²) in [6, 6.07) is 8.21. The molecule has 3 heteroatoms. The van der Waals surface area contributed by atoms with Crippen LogP contribution in [-0.4, -0.2) is 6.79 Å². The highest BCUT2D eigenvalue weighted by Crippen LogP contribution is 2.37. The quantitative estimate of drug-likeness (QED) is 0.729. The van der Waals surface area contributed by atoms with Gasteiger partial charge >= 0.3 is 0 Å². The maximum absolute atomic E-state index is 5.36. The molecule has 0 unspecified atom stereocenters. The lowest BCUT2D eigenvalue weighted by Gasteiger charge is -2.02. The molecule has 0 aliphatic carbocycles. The Morgan fingerprint density at radius 1 is 1.13 bits per heavy atom. The minimum absolute atomic E-state index is 0.335. The summed E-state index contributed by atoms with van der Waals surface area (Å²) in [6.45, 7) is 2.46. The van der Waals surface area contributed by atoms with Gasteiger partial charge < -0.3 is 9.47 Å². The molecule has 0 fully saturated rings. The Labute approximate surface area is 92.1 Å². The predicted molar refractivity (Wildman–Crippen MR) is 60.6 cm³/mol. The van der Waals surface area contributed by atoms with Gasteiger partial charge in [-0.1, -0.05) is 6.07 Å². The van der Waals surface area contributed by atoms with Crippen LogP contribution in [-0.2, 0) is 0 Å². The first-order valence-electron chi connectivity index (χ1n) is 4.79. The van der Waals surface area contributed by atoms with E-state index >= 15 is 0 Å². The molecule has 0 spiro atoms. The summed E-state index contributed by atoms with van der Waals surface area (Å²) < 4.78 is 10.6. The van der Waals surface area contributed by atoms with Gasteiger partial charge in [-0.25, -0.2) is 0 Å². The van der Waals surface area contributed by atoms with Crippen LogP contribution >= 0.6 is 11.3 Å². The molecule has 0 saturated heterocycles. The molecule has 1 aliphatic rings. The van der Waals surface area contributed by atoms with Gasteiger partial charge in [-0.2, -0.15) is 0 Å². The normalized spacial score (nSPS) is 13.1. The molecule has 0 saturated carbocycles. The second kappa shape index (κ2) is 3.28. The fraction of sp³-hybridized carbons (Fsp3) is 0.167. The SMILES string of the molecule is Cc1sccc1-c1ccc2c(c1)OCO2. The molecule has 0 N–H and O–H groups in total. The van der Waals surface area contributed by atoms with Crippen molar-refractivity contribution in [2.24, 2.45) is 0 Å². The van der Waals surface area contributed by atoms with Crippen LogP contribution in [0.3, 0.4) is 0 Å². The Kier molecular flexibility index (Phi) is 1.92. The maximum atomic E-state index is 5.36. The van der Waals surface area contributed by atoms with Crippen LogP contribution in [0.1, 0.15) is 4.88 Å². The number of hydrogen-bond acceptors (Lipinski definition) is 3. The van der Waals surface area contributed by atoms with Crippen LogP contribution in [0.5, 0.6) is 11.5 Å². The lowest BCUT2D eigenvalue weighted by molar-refractivity contribution is 0.174. The van der Waals surface area contributed by atoms with Gasteiger partial charge in [-0.15, -0.1) is 11.3 Å². The van der Waals surface area contributed by atoms with E-state index in [0.717, 1.165) is 11.5 Å². The molecule has 2 aromatic rings. The molecule has 15 heavy (non-hydrogen) atoms. The van der Waals surface area contributed by atoms with Gasteiger partial charge in [-0.05, 0) is 41.6 Å². The van der Waals surface area contributed by atoms with Crippen LogP contribution in [0.25, 0.3) is 11.1 Å². The molecule has 1 aliphatic heterocycles. The molecule has 3 rings (SSSR count). The summed E-state index contributed by atoms with van der Waals surface area (Å²) >= 11 is 1.76. The van der Waals surface area contributed by atoms with Crippen molar-refractivity contribution in [2.75, 3.05) is 6.79 Å². The van der Waals surface area contributed by atoms with E-state index in [1.165, 1.54) is 16.0 Å². The molecule has 0 atom stereocenters. The Hall–Kier alpha value is -1.48. The van der Waals surface area contributed by atoms with Crippen molar-refractivity contribution in [3.05, 3.63) is 34.5 Å². The molecule has 0 bridgehead atoms. The predicted octanol–water partition coefficient (Wildman–Crippen LogP) is 3.45. The van der Waals surface area contributed by atoms with E-state index in [0.29, 0.717) is 6.79 Å². The van der Waals surface area contributed by atoms with Crippen molar-refractivity contribution in [1.29, 1.82) is 0 Å². The third-order valence-electron chi connectivity index (χ3n) is 2.54. The van der Waals surface area contributed by atoms with Crippen LogP contribution < -0.4 is 9.47 Å². The number of aryl methyl sites for hydroxylation is 1. The van der Waals surface area contributed by atoms with Crippen molar-refractivity contribution in [2.45, 2.75) is 6.92 Å². The largest absolute Gasteiger partial charge is 0.454 e. The monoisotopic (exact) mass is 218 g/mol. The molecule has 76 valence electrons. The highest BCUT2D eigenvalue weighted by Gasteiger charge is 2.14. The minimum Gasteiger partial charge on any atom is -0.454 e. The number of hydrogen-bond donors (Lipinski definition) is 0. The number of benzene rings is 1. The van der Waals surface area contributed by atoms with Crippen molar-refractivity contribution in [3.8, 4) is 22.6 Å². The van der Waals surface area contributed by atoms with Crippen LogP contribution in [0.4, 0.5) is 0 Å². The highest BCUT2D eigenvalue weighted by molar-refractivity contribution is 7.10. The average Bonchev–Trinajstić information content (AvgIpc) is 2.84. The molecular formula is C12H10O2S. The zero-order valence-corrected chi connectivity index (χ0v) is 9.14. The second-order valence-corrected chi connectivity index (χ2v) is 4.58. The van der Waals surface area contributed by atoms with Crippen LogP contribution in [0, 0.1) is 6.92 Å². The number of thiophene rings is 1. The molecule has 2 nitrogen and oxygen atoms in total. The summed E-state index contributed by atoms with van der Waals surface area (Å²) in [5.41, 5.74) is 2.47. The van der Waals surface area contributed by atoms with E-state index in [1.54, 1.807) is 11.3 Å². The molecule has 1 aromatic heterocycles. The zero-order valence-electron chi connectivity index (χ0n) is 8.32. The Bertz CT molecular complexity index is 502. The first-order valence-corrected chi connectivity index (χ1v) is 5.67. The summed E-state index contributed by atoms with van der Waals surface area (Å²) in [7, 11) is 0. The van der Waals surface area contributed by atoms with E-state index in [2.05, 4.69) is 24.4 Å². The topological polar surface area (TPSA) is 18.5 Å². The van der Waals surface area contributed by atoms with E-state index < -0.39 is 0 Å². The maximum Gasteiger partial charge on any atom is 0.231 e. The Morgan fingerprint density at radius 2 is 2.00 bits per heavy atom. The standard InChI is InChI=1S/C12H10O2S/c1-8-10(4-5-15-8)9-2-3-11-12(6-9)14-7-13-11/h2-6H,7H2,1H3. The summed E-state index contributed by atoms with van der Waals surface area (Å²) in [4.78, 5) is 1.33. The third-order valence-corrected chi connectivity index (χ3v) is 3.39. The first-order chi connectivity index (χ1) is 7.34. The van der Waals surface area contributed by atoms with Crippen LogP contribution in [0.2, 0.25) is 0 Å². The van der Waals surface area contributed by atoms with Crippen molar-refractivity contribution in [1.82, 2.24) is 0 Å². The van der Waals surface area contributed by atoms with Gasteiger partial charge in [0.25, 0.3) is 0 Å². The van der Waals surface area contributed by atoms with Gasteiger partial charge in [0.15, 0.2) is 11.5 Å². The van der Waals surface area contributed by atoms with Gasteiger partial charge in [-0.3, -0.25) is 0 Å². The fourth-order valence-corrected chi connectivity index (χ4v) is 2.47. The van der Waals surface area contributed by atoms with Gasteiger partial charge in [0, 0.05) is 4.88 Å². The number of fused-ring (bicyclic) bond motifs is 1. The van der Waals surface area contributed by atoms with Gasteiger partial charge in [0.2, 0.25) is 6.79 Å². The smallest absolute Gasteiger partial charge is 0.231 e. The third kappa shape index (κ3) is 1.39. The van der Waals surface area contributed by atoms with Crippen LogP contribution in [0.15, 0.2) is 29.6 Å². The average molecular weight is 218 g/mol. The molecular weight excluding hydrogens is 208 g/mol. The molecule has 0 radical (unpaired) electrons. The van der Waals surface area contributed by atoms with Crippen molar-refractivity contribution >= 4 is 11.3 Å². The van der Waals surface area contributed by atoms with E-state index in [4.69, 9.17) is 9.47 Å². The second-order valence-electron chi connectivity index (χ2n) is 3.46. The van der Waals surface area contributed by atoms with E-state index in [9.17, 15) is 0 Å². The fourth-order valence-electron chi connectivity index (χ4n) is 1.75. The van der Waals surface area contributed by atoms with Crippen molar-refractivity contribution < 1.29 is 9.47 Å². The molecule has 0 amide bonds. The zero-order chi connectivity index (χ0) is 10.3. The highest BCUT2D eigenvalue weighted by atomic mass is 32.1. The summed E-state index contributed by atoms with van der Waals surface area (Å²) in [5.74, 6) is 1.68. The summed E-state index contributed by atoms with van der Waals surface area (Å²) in [6.07, 6.45) is 0. The van der Waals surface area contributed by atoms with Gasteiger partial charge in [0.05, 0.1) is 0 Å². The van der Waals surface area contributed by atoms with Gasteiger partial charge in [0.1, 0.15) is 0 Å². The van der Waals surface area contributed by atoms with E-state index in [1.807, 2.05) is 12.1 Å². The minimum atomic E-state index is 0.335. The summed E-state index contributed by atoms with van der Waals surface area (Å²) in [5, 5.41) is 2.11. The Morgan fingerprint density at radius 3 is 2.80 bits per heavy atom. The molecule has 1 aromatic carbocycles. The lowest BCUT2D eigenvalue weighted by Crippen LogP contribution is -1.92. The van der Waals surface area contributed by atoms with E-state index in [-0.39, 0.29) is 0 Å². The molecule has 2 heterocycles. The first kappa shape index (κ1) is 8.80. The lowest BCUT2D eigenvalue weighted by atomic mass is 10.1. The Balaban J connectivity index is 2.11. The number of ether oxygens (including phenoxy) is 2. The number of rotatable bonds is 1.